The summed E-state index contributed by atoms with van der Waals surface area (Å²) in [7, 11) is 2.09. The molecule has 0 spiro atoms. The minimum Gasteiger partial charge on any atom is -0.377 e. The summed E-state index contributed by atoms with van der Waals surface area (Å²) in [6, 6.07) is 0. The van der Waals surface area contributed by atoms with Crippen molar-refractivity contribution in [3.8, 4) is 0 Å². The molecule has 1 heterocycles. The van der Waals surface area contributed by atoms with Crippen molar-refractivity contribution in [3.05, 3.63) is 0 Å². The largest absolute Gasteiger partial charge is 0.377 e. The Kier molecular flexibility index (Phi) is 4.26. The van der Waals surface area contributed by atoms with Crippen molar-refractivity contribution in [2.24, 2.45) is 11.3 Å². The molecule has 2 fully saturated rings. The summed E-state index contributed by atoms with van der Waals surface area (Å²) in [5.41, 5.74) is 0.463. The van der Waals surface area contributed by atoms with Gasteiger partial charge in [-0.3, -0.25) is 0 Å². The van der Waals surface area contributed by atoms with Gasteiger partial charge in [-0.25, -0.2) is 0 Å². The van der Waals surface area contributed by atoms with E-state index in [2.05, 4.69) is 19.3 Å². The van der Waals surface area contributed by atoms with Gasteiger partial charge in [0.15, 0.2) is 0 Å². The lowest BCUT2D eigenvalue weighted by molar-refractivity contribution is 0.0262. The second kappa shape index (κ2) is 5.50. The van der Waals surface area contributed by atoms with Crippen LogP contribution in [0.4, 0.5) is 0 Å². The van der Waals surface area contributed by atoms with Gasteiger partial charge in [0.05, 0.1) is 6.10 Å². The first-order valence-electron chi connectivity index (χ1n) is 7.08. The first-order valence-corrected chi connectivity index (χ1v) is 7.08. The van der Waals surface area contributed by atoms with E-state index in [1.165, 1.54) is 44.9 Å². The Balaban J connectivity index is 1.94. The van der Waals surface area contributed by atoms with Gasteiger partial charge in [-0.2, -0.15) is 0 Å². The third kappa shape index (κ3) is 2.60. The Hall–Kier alpha value is -0.0800. The normalized spacial score (nSPS) is 34.5. The van der Waals surface area contributed by atoms with E-state index < -0.39 is 0 Å². The topological polar surface area (TPSA) is 21.3 Å². The van der Waals surface area contributed by atoms with Gasteiger partial charge in [0.2, 0.25) is 0 Å². The Bertz CT molecular complexity index is 215. The van der Waals surface area contributed by atoms with E-state index >= 15 is 0 Å². The lowest BCUT2D eigenvalue weighted by atomic mass is 9.74. The molecule has 0 bridgehead atoms. The summed E-state index contributed by atoms with van der Waals surface area (Å²) in [6.45, 7) is 4.43. The van der Waals surface area contributed by atoms with Crippen molar-refractivity contribution in [1.29, 1.82) is 0 Å². The maximum atomic E-state index is 6.04. The standard InChI is InChI=1S/C14H27NO/c1-3-4-5-8-14(11-15-2)9-10-16-13(14)12-6-7-12/h12-13,15H,3-11H2,1-2H3. The van der Waals surface area contributed by atoms with E-state index in [-0.39, 0.29) is 0 Å². The lowest BCUT2D eigenvalue weighted by Crippen LogP contribution is -2.40. The number of unbranched alkanes of at least 4 members (excludes halogenated alkanes) is 2. The molecule has 0 aromatic carbocycles. The van der Waals surface area contributed by atoms with Crippen LogP contribution in [0.2, 0.25) is 0 Å². The number of hydrogen-bond donors (Lipinski definition) is 1. The molecule has 1 saturated heterocycles. The first kappa shape index (κ1) is 12.4. The fourth-order valence-corrected chi connectivity index (χ4v) is 3.37. The van der Waals surface area contributed by atoms with Crippen molar-refractivity contribution >= 4 is 0 Å². The molecule has 1 aliphatic carbocycles. The molecule has 1 N–H and O–H groups in total. The van der Waals surface area contributed by atoms with Crippen LogP contribution in [0.5, 0.6) is 0 Å². The first-order chi connectivity index (χ1) is 7.82. The smallest absolute Gasteiger partial charge is 0.0672 e. The van der Waals surface area contributed by atoms with Gasteiger partial charge < -0.3 is 10.1 Å². The van der Waals surface area contributed by atoms with Gasteiger partial charge in [-0.15, -0.1) is 0 Å². The molecular formula is C14H27NO. The zero-order valence-corrected chi connectivity index (χ0v) is 10.9. The Morgan fingerprint density at radius 3 is 2.75 bits per heavy atom. The van der Waals surface area contributed by atoms with E-state index in [0.717, 1.165) is 19.1 Å². The van der Waals surface area contributed by atoms with Crippen LogP contribution < -0.4 is 5.32 Å². The molecule has 0 amide bonds. The zero-order valence-electron chi connectivity index (χ0n) is 10.9. The van der Waals surface area contributed by atoms with Gasteiger partial charge in [-0.1, -0.05) is 26.2 Å². The highest BCUT2D eigenvalue weighted by molar-refractivity contribution is 5.00. The molecule has 2 nitrogen and oxygen atoms in total. The average Bonchev–Trinajstić information content (AvgIpc) is 3.03. The van der Waals surface area contributed by atoms with Gasteiger partial charge >= 0.3 is 0 Å². The second-order valence-corrected chi connectivity index (χ2v) is 5.73. The van der Waals surface area contributed by atoms with Gasteiger partial charge in [0.1, 0.15) is 0 Å². The molecular weight excluding hydrogens is 198 g/mol. The summed E-state index contributed by atoms with van der Waals surface area (Å²) in [6.07, 6.45) is 10.1. The van der Waals surface area contributed by atoms with Crippen molar-refractivity contribution < 1.29 is 4.74 Å². The summed E-state index contributed by atoms with van der Waals surface area (Å²) in [4.78, 5) is 0. The Labute approximate surface area is 100 Å². The summed E-state index contributed by atoms with van der Waals surface area (Å²) in [5.74, 6) is 0.887. The van der Waals surface area contributed by atoms with E-state index in [1.54, 1.807) is 0 Å². The molecule has 0 aromatic rings. The quantitative estimate of drug-likeness (QED) is 0.673. The van der Waals surface area contributed by atoms with E-state index in [4.69, 9.17) is 4.74 Å². The lowest BCUT2D eigenvalue weighted by Gasteiger charge is -2.34. The van der Waals surface area contributed by atoms with Crippen LogP contribution in [-0.2, 0) is 4.74 Å². The van der Waals surface area contributed by atoms with Crippen LogP contribution in [0.3, 0.4) is 0 Å². The second-order valence-electron chi connectivity index (χ2n) is 5.73. The fraction of sp³-hybridized carbons (Fsp3) is 1.00. The van der Waals surface area contributed by atoms with Crippen molar-refractivity contribution in [1.82, 2.24) is 5.32 Å². The van der Waals surface area contributed by atoms with Crippen LogP contribution in [-0.4, -0.2) is 26.3 Å². The molecule has 94 valence electrons. The van der Waals surface area contributed by atoms with Crippen LogP contribution in [0.1, 0.15) is 51.9 Å². The highest BCUT2D eigenvalue weighted by atomic mass is 16.5. The van der Waals surface area contributed by atoms with Crippen molar-refractivity contribution in [2.45, 2.75) is 58.0 Å². The minimum absolute atomic E-state index is 0.463. The summed E-state index contributed by atoms with van der Waals surface area (Å²) < 4.78 is 6.04. The summed E-state index contributed by atoms with van der Waals surface area (Å²) in [5, 5.41) is 3.41. The fourth-order valence-electron chi connectivity index (χ4n) is 3.37. The molecule has 2 rings (SSSR count). The molecule has 1 aliphatic heterocycles. The maximum absolute atomic E-state index is 6.04. The molecule has 0 radical (unpaired) electrons. The molecule has 0 aromatic heterocycles. The Morgan fingerprint density at radius 1 is 1.31 bits per heavy atom. The highest BCUT2D eigenvalue weighted by Crippen LogP contribution is 2.49. The maximum Gasteiger partial charge on any atom is 0.0672 e. The molecule has 1 saturated carbocycles. The van der Waals surface area contributed by atoms with Gasteiger partial charge in [0.25, 0.3) is 0 Å². The van der Waals surface area contributed by atoms with Gasteiger partial charge in [0, 0.05) is 18.6 Å². The highest BCUT2D eigenvalue weighted by Gasteiger charge is 2.49. The van der Waals surface area contributed by atoms with Crippen LogP contribution >= 0.6 is 0 Å². The third-order valence-electron chi connectivity index (χ3n) is 4.36. The van der Waals surface area contributed by atoms with E-state index in [9.17, 15) is 0 Å². The molecule has 2 atom stereocenters. The molecule has 2 aliphatic rings. The number of ether oxygens (including phenoxy) is 1. The van der Waals surface area contributed by atoms with Crippen LogP contribution in [0, 0.1) is 11.3 Å². The molecule has 2 heteroatoms. The SMILES string of the molecule is CCCCCC1(CNC)CCOC1C1CC1. The monoisotopic (exact) mass is 225 g/mol. The number of nitrogens with one attached hydrogen (secondary N) is 1. The number of hydrogen-bond acceptors (Lipinski definition) is 2. The zero-order chi connectivity index (χ0) is 11.4. The molecule has 16 heavy (non-hydrogen) atoms. The van der Waals surface area contributed by atoms with E-state index in [1.807, 2.05) is 0 Å². The van der Waals surface area contributed by atoms with Gasteiger partial charge in [-0.05, 0) is 38.6 Å². The molecule has 2 unspecified atom stereocenters. The number of rotatable bonds is 7. The van der Waals surface area contributed by atoms with Crippen molar-refractivity contribution in [3.63, 3.8) is 0 Å². The summed E-state index contributed by atoms with van der Waals surface area (Å²) >= 11 is 0. The third-order valence-corrected chi connectivity index (χ3v) is 4.36. The predicted molar refractivity (Wildman–Crippen MR) is 67.6 cm³/mol. The van der Waals surface area contributed by atoms with Crippen molar-refractivity contribution in [2.75, 3.05) is 20.2 Å². The minimum atomic E-state index is 0.463. The van der Waals surface area contributed by atoms with Crippen LogP contribution in [0.15, 0.2) is 0 Å². The Morgan fingerprint density at radius 2 is 2.12 bits per heavy atom. The predicted octanol–water partition coefficient (Wildman–Crippen LogP) is 2.97. The van der Waals surface area contributed by atoms with Crippen LogP contribution in [0.25, 0.3) is 0 Å². The average molecular weight is 225 g/mol. The van der Waals surface area contributed by atoms with E-state index in [0.29, 0.717) is 11.5 Å².